The van der Waals surface area contributed by atoms with Crippen LogP contribution in [0.15, 0.2) is 18.2 Å². The molecule has 0 saturated heterocycles. The lowest BCUT2D eigenvalue weighted by atomic mass is 9.86. The summed E-state index contributed by atoms with van der Waals surface area (Å²) in [5.41, 5.74) is 0.733. The molecule has 0 aliphatic heterocycles. The topological polar surface area (TPSA) is 29.5 Å². The van der Waals surface area contributed by atoms with Crippen molar-refractivity contribution in [3.05, 3.63) is 28.8 Å². The third-order valence-electron chi connectivity index (χ3n) is 2.47. The molecule has 0 bridgehead atoms. The Morgan fingerprint density at radius 1 is 1.38 bits per heavy atom. The predicted octanol–water partition coefficient (Wildman–Crippen LogP) is 3.40. The lowest BCUT2D eigenvalue weighted by Gasteiger charge is -2.23. The summed E-state index contributed by atoms with van der Waals surface area (Å²) in [5, 5.41) is 9.87. The Kier molecular flexibility index (Phi) is 4.22. The first-order valence-electron chi connectivity index (χ1n) is 5.44. The van der Waals surface area contributed by atoms with Gasteiger partial charge in [0.15, 0.2) is 0 Å². The average Bonchev–Trinajstić information content (AvgIpc) is 2.20. The molecule has 0 radical (unpaired) electrons. The van der Waals surface area contributed by atoms with Crippen LogP contribution in [0.2, 0.25) is 5.02 Å². The molecular formula is C13H19ClO2. The second-order valence-electron chi connectivity index (χ2n) is 4.85. The number of ether oxygens (including phenoxy) is 1. The standard InChI is InChI=1S/C13H19ClO2/c1-9(2)16-12-6-5-10(7-11(12)14)13(3,4)8-15/h5-7,9,15H,8H2,1-4H3. The van der Waals surface area contributed by atoms with E-state index in [4.69, 9.17) is 16.3 Å². The highest BCUT2D eigenvalue weighted by Crippen LogP contribution is 2.31. The van der Waals surface area contributed by atoms with Gasteiger partial charge in [0.25, 0.3) is 0 Å². The summed E-state index contributed by atoms with van der Waals surface area (Å²) in [7, 11) is 0. The Labute approximate surface area is 102 Å². The van der Waals surface area contributed by atoms with Crippen molar-refractivity contribution in [1.82, 2.24) is 0 Å². The molecule has 0 atom stereocenters. The van der Waals surface area contributed by atoms with Gasteiger partial charge in [-0.15, -0.1) is 0 Å². The summed E-state index contributed by atoms with van der Waals surface area (Å²) in [5.74, 6) is 0.689. The van der Waals surface area contributed by atoms with E-state index in [0.29, 0.717) is 10.8 Å². The first kappa shape index (κ1) is 13.3. The van der Waals surface area contributed by atoms with E-state index in [-0.39, 0.29) is 18.1 Å². The smallest absolute Gasteiger partial charge is 0.138 e. The fourth-order valence-electron chi connectivity index (χ4n) is 1.36. The third-order valence-corrected chi connectivity index (χ3v) is 2.77. The van der Waals surface area contributed by atoms with E-state index >= 15 is 0 Å². The van der Waals surface area contributed by atoms with Gasteiger partial charge in [0, 0.05) is 5.41 Å². The summed E-state index contributed by atoms with van der Waals surface area (Å²) in [6.07, 6.45) is 0.106. The van der Waals surface area contributed by atoms with Crippen LogP contribution in [0.4, 0.5) is 0 Å². The number of aliphatic hydroxyl groups is 1. The van der Waals surface area contributed by atoms with Crippen LogP contribution in [0.25, 0.3) is 0 Å². The number of aliphatic hydroxyl groups excluding tert-OH is 1. The van der Waals surface area contributed by atoms with Gasteiger partial charge in [0.1, 0.15) is 5.75 Å². The molecule has 90 valence electrons. The molecule has 0 aliphatic rings. The van der Waals surface area contributed by atoms with E-state index in [1.165, 1.54) is 0 Å². The molecule has 0 unspecified atom stereocenters. The second kappa shape index (κ2) is 5.07. The monoisotopic (exact) mass is 242 g/mol. The molecule has 3 heteroatoms. The normalized spacial score (nSPS) is 11.9. The van der Waals surface area contributed by atoms with Crippen molar-refractivity contribution < 1.29 is 9.84 Å². The molecule has 1 aromatic rings. The van der Waals surface area contributed by atoms with E-state index < -0.39 is 0 Å². The first-order valence-corrected chi connectivity index (χ1v) is 5.82. The predicted molar refractivity (Wildman–Crippen MR) is 67.3 cm³/mol. The Bertz CT molecular complexity index is 359. The Hall–Kier alpha value is -0.730. The number of rotatable bonds is 4. The van der Waals surface area contributed by atoms with Gasteiger partial charge in [0.05, 0.1) is 17.7 Å². The van der Waals surface area contributed by atoms with Crippen LogP contribution in [0.5, 0.6) is 5.75 Å². The molecule has 0 spiro atoms. The molecular weight excluding hydrogens is 224 g/mol. The van der Waals surface area contributed by atoms with Gasteiger partial charge >= 0.3 is 0 Å². The SMILES string of the molecule is CC(C)Oc1ccc(C(C)(C)CO)cc1Cl. The lowest BCUT2D eigenvalue weighted by molar-refractivity contribution is 0.218. The van der Waals surface area contributed by atoms with Gasteiger partial charge < -0.3 is 9.84 Å². The van der Waals surface area contributed by atoms with Crippen molar-refractivity contribution in [3.63, 3.8) is 0 Å². The van der Waals surface area contributed by atoms with Crippen LogP contribution in [-0.4, -0.2) is 17.8 Å². The molecule has 1 rings (SSSR count). The number of hydrogen-bond donors (Lipinski definition) is 1. The quantitative estimate of drug-likeness (QED) is 0.877. The Morgan fingerprint density at radius 3 is 2.44 bits per heavy atom. The highest BCUT2D eigenvalue weighted by atomic mass is 35.5. The van der Waals surface area contributed by atoms with Crippen molar-refractivity contribution >= 4 is 11.6 Å². The second-order valence-corrected chi connectivity index (χ2v) is 5.26. The van der Waals surface area contributed by atoms with Crippen LogP contribution in [-0.2, 0) is 5.41 Å². The van der Waals surface area contributed by atoms with Crippen LogP contribution < -0.4 is 4.74 Å². The van der Waals surface area contributed by atoms with Gasteiger partial charge in [0.2, 0.25) is 0 Å². The first-order chi connectivity index (χ1) is 7.36. The molecule has 0 saturated carbocycles. The maximum absolute atomic E-state index is 9.28. The summed E-state index contributed by atoms with van der Waals surface area (Å²) in [6, 6.07) is 5.66. The van der Waals surface area contributed by atoms with E-state index in [2.05, 4.69) is 0 Å². The molecule has 0 heterocycles. The van der Waals surface area contributed by atoms with Crippen molar-refractivity contribution in [2.24, 2.45) is 0 Å². The molecule has 1 N–H and O–H groups in total. The maximum Gasteiger partial charge on any atom is 0.138 e. The molecule has 16 heavy (non-hydrogen) atoms. The Balaban J connectivity index is 2.99. The number of hydrogen-bond acceptors (Lipinski definition) is 2. The largest absolute Gasteiger partial charge is 0.489 e. The van der Waals surface area contributed by atoms with Crippen LogP contribution >= 0.6 is 11.6 Å². The average molecular weight is 243 g/mol. The summed E-state index contributed by atoms with van der Waals surface area (Å²) >= 11 is 6.13. The molecule has 0 amide bonds. The summed E-state index contributed by atoms with van der Waals surface area (Å²) in [6.45, 7) is 7.96. The van der Waals surface area contributed by atoms with Crippen molar-refractivity contribution in [2.75, 3.05) is 6.61 Å². The van der Waals surface area contributed by atoms with Crippen LogP contribution in [0.3, 0.4) is 0 Å². The van der Waals surface area contributed by atoms with Gasteiger partial charge in [-0.3, -0.25) is 0 Å². The zero-order valence-electron chi connectivity index (χ0n) is 10.2. The van der Waals surface area contributed by atoms with E-state index in [1.807, 2.05) is 45.9 Å². The van der Waals surface area contributed by atoms with Gasteiger partial charge in [-0.2, -0.15) is 0 Å². The maximum atomic E-state index is 9.28. The van der Waals surface area contributed by atoms with Gasteiger partial charge in [-0.05, 0) is 31.5 Å². The minimum atomic E-state index is -0.278. The highest BCUT2D eigenvalue weighted by molar-refractivity contribution is 6.32. The minimum absolute atomic E-state index is 0.0910. The van der Waals surface area contributed by atoms with Crippen molar-refractivity contribution in [2.45, 2.75) is 39.2 Å². The lowest BCUT2D eigenvalue weighted by Crippen LogP contribution is -2.22. The fourth-order valence-corrected chi connectivity index (χ4v) is 1.59. The van der Waals surface area contributed by atoms with E-state index in [9.17, 15) is 5.11 Å². The Morgan fingerprint density at radius 2 is 2.00 bits per heavy atom. The van der Waals surface area contributed by atoms with Crippen LogP contribution in [0.1, 0.15) is 33.3 Å². The zero-order chi connectivity index (χ0) is 12.3. The van der Waals surface area contributed by atoms with Crippen LogP contribution in [0, 0.1) is 0 Å². The minimum Gasteiger partial charge on any atom is -0.489 e. The van der Waals surface area contributed by atoms with Crippen molar-refractivity contribution in [3.8, 4) is 5.75 Å². The molecule has 0 aromatic heterocycles. The summed E-state index contributed by atoms with van der Waals surface area (Å²) in [4.78, 5) is 0. The highest BCUT2D eigenvalue weighted by Gasteiger charge is 2.20. The zero-order valence-corrected chi connectivity index (χ0v) is 11.0. The molecule has 1 aromatic carbocycles. The van der Waals surface area contributed by atoms with E-state index in [1.54, 1.807) is 0 Å². The molecule has 0 fully saturated rings. The number of benzene rings is 1. The molecule has 0 aliphatic carbocycles. The van der Waals surface area contributed by atoms with Crippen molar-refractivity contribution in [1.29, 1.82) is 0 Å². The third kappa shape index (κ3) is 3.13. The summed E-state index contributed by atoms with van der Waals surface area (Å²) < 4.78 is 5.55. The van der Waals surface area contributed by atoms with E-state index in [0.717, 1.165) is 5.56 Å². The van der Waals surface area contributed by atoms with Gasteiger partial charge in [-0.25, -0.2) is 0 Å². The van der Waals surface area contributed by atoms with Gasteiger partial charge in [-0.1, -0.05) is 31.5 Å². The fraction of sp³-hybridized carbons (Fsp3) is 0.538. The number of halogens is 1. The molecule has 2 nitrogen and oxygen atoms in total.